The summed E-state index contributed by atoms with van der Waals surface area (Å²) in [5, 5.41) is 9.14. The van der Waals surface area contributed by atoms with Crippen LogP contribution >= 0.6 is 12.2 Å². The van der Waals surface area contributed by atoms with Crippen molar-refractivity contribution in [3.05, 3.63) is 53.6 Å². The third-order valence-electron chi connectivity index (χ3n) is 2.76. The van der Waals surface area contributed by atoms with Gasteiger partial charge in [-0.2, -0.15) is 0 Å². The Morgan fingerprint density at radius 1 is 1.20 bits per heavy atom. The van der Waals surface area contributed by atoms with Crippen molar-refractivity contribution in [3.8, 4) is 17.2 Å². The number of ether oxygens (including phenoxy) is 2. The average Bonchev–Trinajstić information content (AvgIpc) is 2.47. The molecule has 2 aromatic rings. The van der Waals surface area contributed by atoms with E-state index in [9.17, 15) is 0 Å². The Hall–Kier alpha value is -2.11. The fourth-order valence-electron chi connectivity index (χ4n) is 1.75. The number of hydrogen-bond acceptors (Lipinski definition) is 4. The van der Waals surface area contributed by atoms with Crippen LogP contribution in [0.5, 0.6) is 17.2 Å². The number of hydrogen-bond donors (Lipinski definition) is 2. The van der Waals surface area contributed by atoms with Crippen LogP contribution in [0, 0.1) is 0 Å². The third kappa shape index (κ3) is 3.26. The number of rotatable bonds is 5. The van der Waals surface area contributed by atoms with Crippen molar-refractivity contribution < 1.29 is 14.6 Å². The standard InChI is InChI=1S/C15H15NO3S/c1-18-11-5-6-13(15(16)20)14(8-11)19-12-4-2-3-10(7-12)9-17/h2-8,17H,9H2,1H3,(H2,16,20). The smallest absolute Gasteiger partial charge is 0.141 e. The van der Waals surface area contributed by atoms with Crippen LogP contribution in [-0.2, 0) is 6.61 Å². The minimum atomic E-state index is -0.0442. The summed E-state index contributed by atoms with van der Waals surface area (Å²) in [4.78, 5) is 0.251. The van der Waals surface area contributed by atoms with Gasteiger partial charge in [-0.05, 0) is 29.8 Å². The first-order valence-electron chi connectivity index (χ1n) is 5.99. The van der Waals surface area contributed by atoms with Crippen LogP contribution in [0.3, 0.4) is 0 Å². The number of methoxy groups -OCH3 is 1. The minimum absolute atomic E-state index is 0.0442. The van der Waals surface area contributed by atoms with E-state index in [2.05, 4.69) is 0 Å². The summed E-state index contributed by atoms with van der Waals surface area (Å²) in [6.45, 7) is -0.0442. The number of thiocarbonyl (C=S) groups is 1. The molecule has 0 saturated carbocycles. The van der Waals surface area contributed by atoms with E-state index in [1.54, 1.807) is 37.4 Å². The van der Waals surface area contributed by atoms with Crippen LogP contribution < -0.4 is 15.2 Å². The molecule has 20 heavy (non-hydrogen) atoms. The molecule has 4 nitrogen and oxygen atoms in total. The van der Waals surface area contributed by atoms with Crippen molar-refractivity contribution in [1.29, 1.82) is 0 Å². The maximum absolute atomic E-state index is 9.14. The third-order valence-corrected chi connectivity index (χ3v) is 2.98. The highest BCUT2D eigenvalue weighted by Gasteiger charge is 2.09. The fraction of sp³-hybridized carbons (Fsp3) is 0.133. The Balaban J connectivity index is 2.37. The van der Waals surface area contributed by atoms with Gasteiger partial charge >= 0.3 is 0 Å². The Labute approximate surface area is 122 Å². The summed E-state index contributed by atoms with van der Waals surface area (Å²) in [6, 6.07) is 12.4. The molecule has 0 aliphatic heterocycles. The molecule has 3 N–H and O–H groups in total. The molecule has 0 fully saturated rings. The number of aliphatic hydroxyl groups excluding tert-OH is 1. The molecule has 0 heterocycles. The normalized spacial score (nSPS) is 10.1. The van der Waals surface area contributed by atoms with E-state index in [-0.39, 0.29) is 11.6 Å². The van der Waals surface area contributed by atoms with Crippen LogP contribution in [0.15, 0.2) is 42.5 Å². The second-order valence-corrected chi connectivity index (χ2v) is 4.57. The zero-order valence-corrected chi connectivity index (χ0v) is 11.8. The first kappa shape index (κ1) is 14.3. The molecule has 0 saturated heterocycles. The topological polar surface area (TPSA) is 64.7 Å². The summed E-state index contributed by atoms with van der Waals surface area (Å²) in [5.41, 5.74) is 7.09. The Morgan fingerprint density at radius 2 is 2.00 bits per heavy atom. The van der Waals surface area contributed by atoms with Gasteiger partial charge in [0.05, 0.1) is 19.3 Å². The molecule has 0 aliphatic carbocycles. The molecule has 104 valence electrons. The first-order chi connectivity index (χ1) is 9.63. The van der Waals surface area contributed by atoms with Gasteiger partial charge in [0.15, 0.2) is 0 Å². The molecule has 0 aromatic heterocycles. The van der Waals surface area contributed by atoms with Gasteiger partial charge in [-0.15, -0.1) is 0 Å². The van der Waals surface area contributed by atoms with E-state index in [0.717, 1.165) is 5.56 Å². The van der Waals surface area contributed by atoms with Gasteiger partial charge in [0.2, 0.25) is 0 Å². The van der Waals surface area contributed by atoms with Crippen LogP contribution in [0.4, 0.5) is 0 Å². The lowest BCUT2D eigenvalue weighted by atomic mass is 10.2. The second-order valence-electron chi connectivity index (χ2n) is 4.13. The summed E-state index contributed by atoms with van der Waals surface area (Å²) in [6.07, 6.45) is 0. The Morgan fingerprint density at radius 3 is 2.65 bits per heavy atom. The minimum Gasteiger partial charge on any atom is -0.497 e. The predicted molar refractivity (Wildman–Crippen MR) is 81.3 cm³/mol. The van der Waals surface area contributed by atoms with Crippen LogP contribution in [0.1, 0.15) is 11.1 Å². The van der Waals surface area contributed by atoms with E-state index in [0.29, 0.717) is 22.8 Å². The molecular formula is C15H15NO3S. The van der Waals surface area contributed by atoms with E-state index >= 15 is 0 Å². The van der Waals surface area contributed by atoms with Crippen LogP contribution in [0.25, 0.3) is 0 Å². The van der Waals surface area contributed by atoms with Gasteiger partial charge in [-0.25, -0.2) is 0 Å². The van der Waals surface area contributed by atoms with Crippen LogP contribution in [-0.4, -0.2) is 17.2 Å². The Bertz CT molecular complexity index is 628. The van der Waals surface area contributed by atoms with Gasteiger partial charge in [0, 0.05) is 6.07 Å². The molecule has 0 spiro atoms. The lowest BCUT2D eigenvalue weighted by Crippen LogP contribution is -2.10. The summed E-state index contributed by atoms with van der Waals surface area (Å²) < 4.78 is 11.0. The molecule has 0 atom stereocenters. The van der Waals surface area contributed by atoms with Gasteiger partial charge in [0.25, 0.3) is 0 Å². The summed E-state index contributed by atoms with van der Waals surface area (Å²) >= 11 is 5.01. The Kier molecular flexibility index (Phi) is 4.55. The van der Waals surface area contributed by atoms with E-state index in [1.165, 1.54) is 0 Å². The molecule has 0 aliphatic rings. The highest BCUT2D eigenvalue weighted by molar-refractivity contribution is 7.80. The van der Waals surface area contributed by atoms with Crippen molar-refractivity contribution in [2.45, 2.75) is 6.61 Å². The van der Waals surface area contributed by atoms with Crippen molar-refractivity contribution >= 4 is 17.2 Å². The largest absolute Gasteiger partial charge is 0.497 e. The summed E-state index contributed by atoms with van der Waals surface area (Å²) in [7, 11) is 1.58. The molecular weight excluding hydrogens is 274 g/mol. The molecule has 0 bridgehead atoms. The molecule has 0 unspecified atom stereocenters. The second kappa shape index (κ2) is 6.36. The number of nitrogens with two attached hydrogens (primary N) is 1. The zero-order valence-electron chi connectivity index (χ0n) is 11.0. The maximum atomic E-state index is 9.14. The SMILES string of the molecule is COc1ccc(C(N)=S)c(Oc2cccc(CO)c2)c1. The van der Waals surface area contributed by atoms with E-state index < -0.39 is 0 Å². The number of aliphatic hydroxyl groups is 1. The van der Waals surface area contributed by atoms with Crippen molar-refractivity contribution in [2.75, 3.05) is 7.11 Å². The van der Waals surface area contributed by atoms with Crippen molar-refractivity contribution in [3.63, 3.8) is 0 Å². The highest BCUT2D eigenvalue weighted by atomic mass is 32.1. The monoisotopic (exact) mass is 289 g/mol. The van der Waals surface area contributed by atoms with E-state index in [4.69, 9.17) is 32.5 Å². The average molecular weight is 289 g/mol. The van der Waals surface area contributed by atoms with Gasteiger partial charge in [-0.1, -0.05) is 24.4 Å². The predicted octanol–water partition coefficient (Wildman–Crippen LogP) is 2.61. The molecule has 5 heteroatoms. The molecule has 0 radical (unpaired) electrons. The first-order valence-corrected chi connectivity index (χ1v) is 6.40. The zero-order chi connectivity index (χ0) is 14.5. The molecule has 2 aromatic carbocycles. The lowest BCUT2D eigenvalue weighted by molar-refractivity contribution is 0.281. The summed E-state index contributed by atoms with van der Waals surface area (Å²) in [5.74, 6) is 1.77. The maximum Gasteiger partial charge on any atom is 0.141 e. The van der Waals surface area contributed by atoms with E-state index in [1.807, 2.05) is 12.1 Å². The quantitative estimate of drug-likeness (QED) is 0.828. The lowest BCUT2D eigenvalue weighted by Gasteiger charge is -2.12. The highest BCUT2D eigenvalue weighted by Crippen LogP contribution is 2.29. The van der Waals surface area contributed by atoms with Gasteiger partial charge in [0.1, 0.15) is 22.2 Å². The van der Waals surface area contributed by atoms with Crippen molar-refractivity contribution in [2.24, 2.45) is 5.73 Å². The van der Waals surface area contributed by atoms with Gasteiger partial charge in [-0.3, -0.25) is 0 Å². The molecule has 0 amide bonds. The van der Waals surface area contributed by atoms with Crippen LogP contribution in [0.2, 0.25) is 0 Å². The van der Waals surface area contributed by atoms with Gasteiger partial charge < -0.3 is 20.3 Å². The fourth-order valence-corrected chi connectivity index (χ4v) is 1.92. The number of benzene rings is 2. The van der Waals surface area contributed by atoms with Crippen molar-refractivity contribution in [1.82, 2.24) is 0 Å². The molecule has 2 rings (SSSR count).